The number of fused-ring (bicyclic) bond motifs is 1. The summed E-state index contributed by atoms with van der Waals surface area (Å²) in [6.07, 6.45) is 8.93. The van der Waals surface area contributed by atoms with Gasteiger partial charge in [0.25, 0.3) is 0 Å². The number of amides is 1. The largest absolute Gasteiger partial charge is 0.295 e. The van der Waals surface area contributed by atoms with E-state index < -0.39 is 0 Å². The van der Waals surface area contributed by atoms with E-state index in [0.717, 1.165) is 30.4 Å². The second kappa shape index (κ2) is 13.2. The van der Waals surface area contributed by atoms with E-state index in [1.165, 1.54) is 53.1 Å². The molecule has 0 aliphatic carbocycles. The van der Waals surface area contributed by atoms with Gasteiger partial charge in [0.05, 0.1) is 0 Å². The highest BCUT2D eigenvalue weighted by atomic mass is 16.2. The van der Waals surface area contributed by atoms with Gasteiger partial charge in [-0.05, 0) is 84.0 Å². The fourth-order valence-electron chi connectivity index (χ4n) is 4.86. The number of aryl methyl sites for hydroxylation is 3. The second-order valence-corrected chi connectivity index (χ2v) is 9.94. The Morgan fingerprint density at radius 3 is 2.20 bits per heavy atom. The van der Waals surface area contributed by atoms with Crippen LogP contribution in [0.1, 0.15) is 97.8 Å². The monoisotopic (exact) mass is 472 g/mol. The van der Waals surface area contributed by atoms with E-state index in [1.54, 1.807) is 6.92 Å². The number of nitrogens with one attached hydrogen (secondary N) is 1. The molecule has 4 heteroatoms. The second-order valence-electron chi connectivity index (χ2n) is 9.94. The summed E-state index contributed by atoms with van der Waals surface area (Å²) in [7, 11) is 0. The Morgan fingerprint density at radius 2 is 1.51 bits per heavy atom. The minimum Gasteiger partial charge on any atom is -0.295 e. The van der Waals surface area contributed by atoms with Crippen LogP contribution in [0, 0.1) is 0 Å². The van der Waals surface area contributed by atoms with Crippen LogP contribution in [0.2, 0.25) is 0 Å². The van der Waals surface area contributed by atoms with Gasteiger partial charge in [-0.25, -0.2) is 5.84 Å². The standard InChI is InChI=1S/C31H40N2O2/c1-22(2)29-21-25(19-27-13-9-10-14-28(27)29)12-8-6-4-5-7-11-24-15-16-26(17-18-31(35)33-32)30(20-24)23(3)34/h9-10,13-16,19-22H,4-8,11-12,17-18,32H2,1-3H3,(H,33,35). The molecule has 35 heavy (non-hydrogen) atoms. The summed E-state index contributed by atoms with van der Waals surface area (Å²) in [5.74, 6) is 5.51. The van der Waals surface area contributed by atoms with Crippen molar-refractivity contribution in [2.75, 3.05) is 0 Å². The van der Waals surface area contributed by atoms with Crippen molar-refractivity contribution in [2.45, 2.75) is 84.5 Å². The van der Waals surface area contributed by atoms with Crippen LogP contribution in [0.15, 0.2) is 54.6 Å². The summed E-state index contributed by atoms with van der Waals surface area (Å²) in [5, 5.41) is 2.74. The predicted octanol–water partition coefficient (Wildman–Crippen LogP) is 6.82. The minimum atomic E-state index is -0.218. The first-order chi connectivity index (χ1) is 16.9. The average molecular weight is 473 g/mol. The third-order valence-electron chi connectivity index (χ3n) is 6.84. The summed E-state index contributed by atoms with van der Waals surface area (Å²) in [6, 6.07) is 19.6. The van der Waals surface area contributed by atoms with Crippen LogP contribution in [-0.4, -0.2) is 11.7 Å². The van der Waals surface area contributed by atoms with Gasteiger partial charge in [-0.2, -0.15) is 0 Å². The molecular formula is C31H40N2O2. The molecule has 186 valence electrons. The molecule has 4 nitrogen and oxygen atoms in total. The maximum atomic E-state index is 12.1. The Hall–Kier alpha value is -2.98. The quantitative estimate of drug-likeness (QED) is 0.0942. The maximum Gasteiger partial charge on any atom is 0.234 e. The van der Waals surface area contributed by atoms with E-state index in [0.29, 0.717) is 12.3 Å². The molecule has 3 N–H and O–H groups in total. The molecule has 0 radical (unpaired) electrons. The van der Waals surface area contributed by atoms with Crippen molar-refractivity contribution in [3.63, 3.8) is 0 Å². The number of carbonyl (C=O) groups is 2. The zero-order valence-electron chi connectivity index (χ0n) is 21.5. The third-order valence-corrected chi connectivity index (χ3v) is 6.84. The van der Waals surface area contributed by atoms with Gasteiger partial charge >= 0.3 is 0 Å². The molecular weight excluding hydrogens is 432 g/mol. The van der Waals surface area contributed by atoms with Crippen LogP contribution in [-0.2, 0) is 24.1 Å². The Labute approximate surface area is 210 Å². The van der Waals surface area contributed by atoms with Gasteiger partial charge in [-0.1, -0.05) is 81.6 Å². The van der Waals surface area contributed by atoms with E-state index in [2.05, 4.69) is 61.7 Å². The molecule has 0 heterocycles. The van der Waals surface area contributed by atoms with Crippen LogP contribution >= 0.6 is 0 Å². The Balaban J connectivity index is 1.44. The lowest BCUT2D eigenvalue weighted by atomic mass is 9.92. The topological polar surface area (TPSA) is 72.2 Å². The molecule has 1 amide bonds. The van der Waals surface area contributed by atoms with Crippen molar-refractivity contribution in [2.24, 2.45) is 5.84 Å². The first kappa shape index (κ1) is 26.6. The first-order valence-electron chi connectivity index (χ1n) is 13.0. The molecule has 0 fully saturated rings. The number of benzene rings is 3. The lowest BCUT2D eigenvalue weighted by Gasteiger charge is -2.13. The Bertz CT molecular complexity index is 1150. The highest BCUT2D eigenvalue weighted by Crippen LogP contribution is 2.28. The van der Waals surface area contributed by atoms with Crippen LogP contribution in [0.25, 0.3) is 10.8 Å². The van der Waals surface area contributed by atoms with Gasteiger partial charge in [-0.15, -0.1) is 0 Å². The average Bonchev–Trinajstić information content (AvgIpc) is 2.86. The highest BCUT2D eigenvalue weighted by molar-refractivity contribution is 5.96. The Morgan fingerprint density at radius 1 is 0.829 bits per heavy atom. The van der Waals surface area contributed by atoms with Gasteiger partial charge in [0.1, 0.15) is 0 Å². The van der Waals surface area contributed by atoms with Gasteiger partial charge in [0.15, 0.2) is 5.78 Å². The number of carbonyl (C=O) groups excluding carboxylic acids is 2. The molecule has 0 unspecified atom stereocenters. The van der Waals surface area contributed by atoms with Gasteiger partial charge < -0.3 is 0 Å². The summed E-state index contributed by atoms with van der Waals surface area (Å²) >= 11 is 0. The summed E-state index contributed by atoms with van der Waals surface area (Å²) in [5.41, 5.74) is 7.89. The third kappa shape index (κ3) is 7.76. The normalized spacial score (nSPS) is 11.2. The fraction of sp³-hybridized carbons (Fsp3) is 0.419. The van der Waals surface area contributed by atoms with E-state index in [-0.39, 0.29) is 18.1 Å². The predicted molar refractivity (Wildman–Crippen MR) is 146 cm³/mol. The van der Waals surface area contributed by atoms with Crippen molar-refractivity contribution >= 4 is 22.5 Å². The first-order valence-corrected chi connectivity index (χ1v) is 13.0. The number of Topliss-reactive ketones (excluding diaryl/α,β-unsaturated/α-hetero) is 1. The van der Waals surface area contributed by atoms with Crippen molar-refractivity contribution in [3.05, 3.63) is 82.4 Å². The number of unbranched alkanes of at least 4 members (excludes halogenated alkanes) is 4. The summed E-state index contributed by atoms with van der Waals surface area (Å²) < 4.78 is 0. The molecule has 0 saturated carbocycles. The molecule has 0 saturated heterocycles. The van der Waals surface area contributed by atoms with E-state index >= 15 is 0 Å². The van der Waals surface area contributed by atoms with Gasteiger partial charge in [0, 0.05) is 12.0 Å². The lowest BCUT2D eigenvalue weighted by molar-refractivity contribution is -0.121. The maximum absolute atomic E-state index is 12.1. The van der Waals surface area contributed by atoms with Crippen LogP contribution in [0.5, 0.6) is 0 Å². The zero-order valence-corrected chi connectivity index (χ0v) is 21.5. The highest BCUT2D eigenvalue weighted by Gasteiger charge is 2.11. The number of hydrazine groups is 1. The zero-order chi connectivity index (χ0) is 25.2. The fourth-order valence-corrected chi connectivity index (χ4v) is 4.86. The number of hydrogen-bond donors (Lipinski definition) is 2. The minimum absolute atomic E-state index is 0.0457. The van der Waals surface area contributed by atoms with Crippen molar-refractivity contribution in [1.29, 1.82) is 0 Å². The molecule has 0 aromatic heterocycles. The molecule has 0 bridgehead atoms. The molecule has 3 rings (SSSR count). The molecule has 3 aromatic rings. The molecule has 0 aliphatic heterocycles. The van der Waals surface area contributed by atoms with Crippen molar-refractivity contribution in [3.8, 4) is 0 Å². The van der Waals surface area contributed by atoms with E-state index in [1.807, 2.05) is 12.1 Å². The number of hydrogen-bond acceptors (Lipinski definition) is 3. The molecule has 3 aromatic carbocycles. The number of ketones is 1. The smallest absolute Gasteiger partial charge is 0.234 e. The van der Waals surface area contributed by atoms with Crippen LogP contribution in [0.3, 0.4) is 0 Å². The Kier molecular flexibility index (Phi) is 10.0. The summed E-state index contributed by atoms with van der Waals surface area (Å²) in [6.45, 7) is 6.14. The van der Waals surface area contributed by atoms with Crippen molar-refractivity contribution in [1.82, 2.24) is 5.43 Å². The SMILES string of the molecule is CC(=O)c1cc(CCCCCCCc2cc(C(C)C)c3ccccc3c2)ccc1CCC(=O)NN. The van der Waals surface area contributed by atoms with Crippen LogP contribution < -0.4 is 11.3 Å². The van der Waals surface area contributed by atoms with E-state index in [4.69, 9.17) is 5.84 Å². The van der Waals surface area contributed by atoms with Gasteiger partial charge in [0.2, 0.25) is 5.91 Å². The summed E-state index contributed by atoms with van der Waals surface area (Å²) in [4.78, 5) is 23.5. The van der Waals surface area contributed by atoms with Crippen molar-refractivity contribution < 1.29 is 9.59 Å². The molecule has 0 spiro atoms. The number of nitrogens with two attached hydrogens (primary N) is 1. The lowest BCUT2D eigenvalue weighted by Crippen LogP contribution is -2.30. The number of rotatable bonds is 13. The van der Waals surface area contributed by atoms with Crippen LogP contribution in [0.4, 0.5) is 0 Å². The molecule has 0 atom stereocenters. The molecule has 0 aliphatic rings. The van der Waals surface area contributed by atoms with Gasteiger partial charge in [-0.3, -0.25) is 15.0 Å². The van der Waals surface area contributed by atoms with E-state index in [9.17, 15) is 9.59 Å².